The van der Waals surface area contributed by atoms with Crippen molar-refractivity contribution in [3.8, 4) is 0 Å². The Bertz CT molecular complexity index is 312. The zero-order valence-electron chi connectivity index (χ0n) is 11.4. The summed E-state index contributed by atoms with van der Waals surface area (Å²) in [5.41, 5.74) is 0. The minimum atomic E-state index is 0.388. The fraction of sp³-hybridized carbons (Fsp3) is 0.929. The number of rotatable bonds is 2. The third-order valence-electron chi connectivity index (χ3n) is 5.15. The SMILES string of the molecule is CNC1CCC(N2CCN3C(=O)CCC3C2)CC1. The molecule has 0 aromatic carbocycles. The third kappa shape index (κ3) is 2.28. The highest BCUT2D eigenvalue weighted by Gasteiger charge is 2.37. The number of amides is 1. The molecule has 1 amide bonds. The molecule has 4 heteroatoms. The lowest BCUT2D eigenvalue weighted by Crippen LogP contribution is -2.55. The zero-order valence-corrected chi connectivity index (χ0v) is 11.4. The van der Waals surface area contributed by atoms with E-state index < -0.39 is 0 Å². The highest BCUT2D eigenvalue weighted by Crippen LogP contribution is 2.28. The number of piperazine rings is 1. The van der Waals surface area contributed by atoms with E-state index in [9.17, 15) is 4.79 Å². The average Bonchev–Trinajstić information content (AvgIpc) is 2.80. The Balaban J connectivity index is 1.54. The Kier molecular flexibility index (Phi) is 3.57. The van der Waals surface area contributed by atoms with E-state index >= 15 is 0 Å². The molecule has 102 valence electrons. The molecule has 1 atom stereocenters. The largest absolute Gasteiger partial charge is 0.337 e. The standard InChI is InChI=1S/C14H25N3O/c1-15-11-2-4-12(5-3-11)16-8-9-17-13(10-16)6-7-14(17)18/h11-13,15H,2-10H2,1H3. The third-order valence-corrected chi connectivity index (χ3v) is 5.15. The van der Waals surface area contributed by atoms with Crippen LogP contribution in [0.1, 0.15) is 38.5 Å². The second kappa shape index (κ2) is 5.17. The Labute approximate surface area is 110 Å². The zero-order chi connectivity index (χ0) is 12.5. The molecule has 2 aliphatic heterocycles. The van der Waals surface area contributed by atoms with Gasteiger partial charge in [-0.2, -0.15) is 0 Å². The average molecular weight is 251 g/mol. The molecule has 1 aliphatic carbocycles. The van der Waals surface area contributed by atoms with Crippen molar-refractivity contribution in [2.75, 3.05) is 26.7 Å². The first-order valence-corrected chi connectivity index (χ1v) is 7.48. The van der Waals surface area contributed by atoms with Gasteiger partial charge in [-0.05, 0) is 39.2 Å². The van der Waals surface area contributed by atoms with Crippen LogP contribution in [0.3, 0.4) is 0 Å². The van der Waals surface area contributed by atoms with E-state index in [2.05, 4.69) is 22.2 Å². The summed E-state index contributed by atoms with van der Waals surface area (Å²) in [6.07, 6.45) is 7.14. The van der Waals surface area contributed by atoms with Crippen LogP contribution in [-0.4, -0.2) is 60.5 Å². The molecule has 18 heavy (non-hydrogen) atoms. The summed E-state index contributed by atoms with van der Waals surface area (Å²) in [6, 6.07) is 2.02. The van der Waals surface area contributed by atoms with Gasteiger partial charge in [-0.1, -0.05) is 0 Å². The maximum atomic E-state index is 11.7. The summed E-state index contributed by atoms with van der Waals surface area (Å²) in [7, 11) is 2.08. The molecule has 2 saturated heterocycles. The number of hydrogen-bond acceptors (Lipinski definition) is 3. The minimum Gasteiger partial charge on any atom is -0.337 e. The van der Waals surface area contributed by atoms with Gasteiger partial charge in [0.2, 0.25) is 5.91 Å². The van der Waals surface area contributed by atoms with Crippen LogP contribution in [-0.2, 0) is 4.79 Å². The summed E-state index contributed by atoms with van der Waals surface area (Å²) < 4.78 is 0. The predicted octanol–water partition coefficient (Wildman–Crippen LogP) is 0.824. The monoisotopic (exact) mass is 251 g/mol. The van der Waals surface area contributed by atoms with Crippen LogP contribution in [0.25, 0.3) is 0 Å². The lowest BCUT2D eigenvalue weighted by Gasteiger charge is -2.43. The van der Waals surface area contributed by atoms with E-state index in [1.807, 2.05) is 0 Å². The molecule has 3 aliphatic rings. The molecule has 0 aromatic rings. The molecular formula is C14H25N3O. The lowest BCUT2D eigenvalue weighted by atomic mass is 9.89. The van der Waals surface area contributed by atoms with Gasteiger partial charge in [0.15, 0.2) is 0 Å². The first kappa shape index (κ1) is 12.4. The molecule has 0 radical (unpaired) electrons. The summed E-state index contributed by atoms with van der Waals surface area (Å²) in [6.45, 7) is 3.19. The number of nitrogens with zero attached hydrogens (tertiary/aromatic N) is 2. The number of fused-ring (bicyclic) bond motifs is 1. The van der Waals surface area contributed by atoms with Gasteiger partial charge in [0.05, 0.1) is 0 Å². The van der Waals surface area contributed by atoms with E-state index in [0.29, 0.717) is 11.9 Å². The molecule has 0 bridgehead atoms. The van der Waals surface area contributed by atoms with Crippen LogP contribution in [0, 0.1) is 0 Å². The molecule has 4 nitrogen and oxygen atoms in total. The van der Waals surface area contributed by atoms with Crippen molar-refractivity contribution in [3.63, 3.8) is 0 Å². The molecule has 0 spiro atoms. The van der Waals surface area contributed by atoms with Crippen molar-refractivity contribution in [2.24, 2.45) is 0 Å². The van der Waals surface area contributed by atoms with E-state index in [4.69, 9.17) is 0 Å². The van der Waals surface area contributed by atoms with E-state index in [1.165, 1.54) is 25.7 Å². The van der Waals surface area contributed by atoms with Crippen molar-refractivity contribution in [1.82, 2.24) is 15.1 Å². The molecule has 1 N–H and O–H groups in total. The Hall–Kier alpha value is -0.610. The van der Waals surface area contributed by atoms with Crippen LogP contribution >= 0.6 is 0 Å². The molecule has 2 heterocycles. The Morgan fingerprint density at radius 2 is 1.83 bits per heavy atom. The smallest absolute Gasteiger partial charge is 0.222 e. The Morgan fingerprint density at radius 3 is 2.56 bits per heavy atom. The van der Waals surface area contributed by atoms with Gasteiger partial charge in [-0.25, -0.2) is 0 Å². The molecule has 3 rings (SSSR count). The number of carbonyl (C=O) groups is 1. The van der Waals surface area contributed by atoms with Crippen LogP contribution in [0.4, 0.5) is 0 Å². The summed E-state index contributed by atoms with van der Waals surface area (Å²) in [5, 5.41) is 3.40. The van der Waals surface area contributed by atoms with Gasteiger partial charge in [-0.15, -0.1) is 0 Å². The first-order chi connectivity index (χ1) is 8.78. The lowest BCUT2D eigenvalue weighted by molar-refractivity contribution is -0.131. The van der Waals surface area contributed by atoms with Crippen LogP contribution < -0.4 is 5.32 Å². The van der Waals surface area contributed by atoms with Crippen LogP contribution in [0.2, 0.25) is 0 Å². The fourth-order valence-corrected chi connectivity index (χ4v) is 3.95. The second-order valence-electron chi connectivity index (χ2n) is 6.07. The molecule has 0 aromatic heterocycles. The highest BCUT2D eigenvalue weighted by molar-refractivity contribution is 5.78. The molecular weight excluding hydrogens is 226 g/mol. The quantitative estimate of drug-likeness (QED) is 0.789. The van der Waals surface area contributed by atoms with Gasteiger partial charge in [0, 0.05) is 44.2 Å². The van der Waals surface area contributed by atoms with Crippen molar-refractivity contribution < 1.29 is 4.79 Å². The van der Waals surface area contributed by atoms with Crippen molar-refractivity contribution in [1.29, 1.82) is 0 Å². The summed E-state index contributed by atoms with van der Waals surface area (Å²) in [4.78, 5) is 16.5. The minimum absolute atomic E-state index is 0.388. The van der Waals surface area contributed by atoms with Gasteiger partial charge in [-0.3, -0.25) is 9.69 Å². The van der Waals surface area contributed by atoms with Gasteiger partial charge < -0.3 is 10.2 Å². The summed E-state index contributed by atoms with van der Waals surface area (Å²) >= 11 is 0. The number of hydrogen-bond donors (Lipinski definition) is 1. The maximum absolute atomic E-state index is 11.7. The van der Waals surface area contributed by atoms with Crippen LogP contribution in [0.5, 0.6) is 0 Å². The molecule has 3 fully saturated rings. The van der Waals surface area contributed by atoms with E-state index in [0.717, 1.165) is 44.6 Å². The van der Waals surface area contributed by atoms with Crippen molar-refractivity contribution >= 4 is 5.91 Å². The highest BCUT2D eigenvalue weighted by atomic mass is 16.2. The van der Waals surface area contributed by atoms with Crippen molar-refractivity contribution in [3.05, 3.63) is 0 Å². The normalized spacial score (nSPS) is 37.9. The Morgan fingerprint density at radius 1 is 1.06 bits per heavy atom. The maximum Gasteiger partial charge on any atom is 0.222 e. The number of nitrogens with one attached hydrogen (secondary N) is 1. The first-order valence-electron chi connectivity index (χ1n) is 7.48. The number of carbonyl (C=O) groups excluding carboxylic acids is 1. The second-order valence-corrected chi connectivity index (χ2v) is 6.07. The summed E-state index contributed by atoms with van der Waals surface area (Å²) in [5.74, 6) is 0.388. The topological polar surface area (TPSA) is 35.6 Å². The molecule has 1 saturated carbocycles. The predicted molar refractivity (Wildman–Crippen MR) is 71.4 cm³/mol. The van der Waals surface area contributed by atoms with Gasteiger partial charge in [0.1, 0.15) is 0 Å². The van der Waals surface area contributed by atoms with E-state index in [-0.39, 0.29) is 0 Å². The van der Waals surface area contributed by atoms with Gasteiger partial charge >= 0.3 is 0 Å². The van der Waals surface area contributed by atoms with Crippen molar-refractivity contribution in [2.45, 2.75) is 56.7 Å². The van der Waals surface area contributed by atoms with E-state index in [1.54, 1.807) is 0 Å². The fourth-order valence-electron chi connectivity index (χ4n) is 3.95. The van der Waals surface area contributed by atoms with Crippen LogP contribution in [0.15, 0.2) is 0 Å². The molecule has 1 unspecified atom stereocenters. The van der Waals surface area contributed by atoms with Gasteiger partial charge in [0.25, 0.3) is 0 Å².